The Morgan fingerprint density at radius 3 is 2.17 bits per heavy atom. The van der Waals surface area contributed by atoms with Crippen molar-refractivity contribution in [1.82, 2.24) is 9.21 Å². The van der Waals surface area contributed by atoms with Crippen molar-refractivity contribution >= 4 is 21.6 Å². The predicted octanol–water partition coefficient (Wildman–Crippen LogP) is 3.76. The molecule has 1 amide bonds. The highest BCUT2D eigenvalue weighted by Crippen LogP contribution is 2.22. The van der Waals surface area contributed by atoms with Crippen molar-refractivity contribution in [1.29, 1.82) is 0 Å². The van der Waals surface area contributed by atoms with Gasteiger partial charge >= 0.3 is 0 Å². The van der Waals surface area contributed by atoms with Crippen LogP contribution in [0.5, 0.6) is 5.75 Å². The van der Waals surface area contributed by atoms with Crippen molar-refractivity contribution in [2.75, 3.05) is 44.2 Å². The number of carbonyl (C=O) groups excluding carboxylic acids is 1. The molecule has 1 aliphatic rings. The zero-order valence-corrected chi connectivity index (χ0v) is 21.0. The van der Waals surface area contributed by atoms with E-state index in [-0.39, 0.29) is 29.7 Å². The van der Waals surface area contributed by atoms with Crippen LogP contribution in [0.3, 0.4) is 0 Å². The molecule has 0 spiro atoms. The zero-order valence-electron chi connectivity index (χ0n) is 20.2. The average Bonchev–Trinajstić information content (AvgIpc) is 2.90. The fraction of sp³-hybridized carbons (Fsp3) is 0.296. The third-order valence-electron chi connectivity index (χ3n) is 6.11. The first-order chi connectivity index (χ1) is 17.4. The van der Waals surface area contributed by atoms with E-state index < -0.39 is 10.0 Å². The summed E-state index contributed by atoms with van der Waals surface area (Å²) in [5.41, 5.74) is 1.69. The smallest absolute Gasteiger partial charge is 0.243 e. The Kier molecular flexibility index (Phi) is 8.22. The van der Waals surface area contributed by atoms with Crippen molar-refractivity contribution in [2.24, 2.45) is 0 Å². The monoisotopic (exact) mass is 511 g/mol. The first-order valence-electron chi connectivity index (χ1n) is 11.9. The second-order valence-electron chi connectivity index (χ2n) is 8.51. The number of hydrogen-bond donors (Lipinski definition) is 0. The van der Waals surface area contributed by atoms with Crippen LogP contribution >= 0.6 is 0 Å². The minimum Gasteiger partial charge on any atom is -0.494 e. The van der Waals surface area contributed by atoms with Crippen LogP contribution in [0.1, 0.15) is 12.5 Å². The summed E-state index contributed by atoms with van der Waals surface area (Å²) in [5, 5.41) is 0. The molecule has 0 aliphatic carbocycles. The number of hydrogen-bond acceptors (Lipinski definition) is 5. The van der Waals surface area contributed by atoms with Gasteiger partial charge in [-0.05, 0) is 61.0 Å². The van der Waals surface area contributed by atoms with Gasteiger partial charge in [0.15, 0.2) is 0 Å². The lowest BCUT2D eigenvalue weighted by Gasteiger charge is -2.37. The van der Waals surface area contributed by atoms with Crippen LogP contribution in [-0.4, -0.2) is 62.9 Å². The maximum atomic E-state index is 13.6. The molecule has 190 valence electrons. The minimum absolute atomic E-state index is 0.0810. The van der Waals surface area contributed by atoms with Crippen LogP contribution in [0.15, 0.2) is 83.8 Å². The summed E-state index contributed by atoms with van der Waals surface area (Å²) in [4.78, 5) is 17.1. The molecule has 0 saturated carbocycles. The topological polar surface area (TPSA) is 70.2 Å². The Balaban J connectivity index is 1.48. The van der Waals surface area contributed by atoms with E-state index in [0.29, 0.717) is 38.5 Å². The van der Waals surface area contributed by atoms with Gasteiger partial charge in [-0.3, -0.25) is 4.79 Å². The molecule has 9 heteroatoms. The molecule has 1 aliphatic heterocycles. The first-order valence-corrected chi connectivity index (χ1v) is 13.4. The second kappa shape index (κ2) is 11.5. The van der Waals surface area contributed by atoms with E-state index in [1.54, 1.807) is 29.2 Å². The molecule has 3 aromatic carbocycles. The number of anilines is 1. The third-order valence-corrected chi connectivity index (χ3v) is 7.92. The predicted molar refractivity (Wildman–Crippen MR) is 137 cm³/mol. The van der Waals surface area contributed by atoms with Gasteiger partial charge in [0.25, 0.3) is 0 Å². The Labute approximate surface area is 211 Å². The number of ether oxygens (including phenoxy) is 1. The molecular formula is C27H30FN3O4S. The summed E-state index contributed by atoms with van der Waals surface area (Å²) < 4.78 is 47.0. The normalized spacial score (nSPS) is 14.2. The lowest BCUT2D eigenvalue weighted by atomic mass is 10.2. The quantitative estimate of drug-likeness (QED) is 0.438. The first kappa shape index (κ1) is 25.7. The van der Waals surface area contributed by atoms with Crippen molar-refractivity contribution in [3.63, 3.8) is 0 Å². The molecule has 36 heavy (non-hydrogen) atoms. The summed E-state index contributed by atoms with van der Waals surface area (Å²) >= 11 is 0. The van der Waals surface area contributed by atoms with Crippen molar-refractivity contribution in [2.45, 2.75) is 18.4 Å². The molecule has 4 rings (SSSR count). The minimum atomic E-state index is -3.94. The summed E-state index contributed by atoms with van der Waals surface area (Å²) in [5.74, 6) is 0.0418. The van der Waals surface area contributed by atoms with Gasteiger partial charge in [-0.2, -0.15) is 4.31 Å². The molecule has 3 aromatic rings. The number of piperazine rings is 1. The molecule has 7 nitrogen and oxygen atoms in total. The highest BCUT2D eigenvalue weighted by atomic mass is 32.2. The van der Waals surface area contributed by atoms with Gasteiger partial charge < -0.3 is 14.5 Å². The average molecular weight is 512 g/mol. The Hall–Kier alpha value is -3.43. The van der Waals surface area contributed by atoms with Crippen LogP contribution < -0.4 is 9.64 Å². The summed E-state index contributed by atoms with van der Waals surface area (Å²) in [7, 11) is -3.94. The SMILES string of the molecule is CCOc1ccc(S(=O)(=O)N(CC(=O)N2CCN(c3ccc(F)cc3)CC2)Cc2ccccc2)cc1. The lowest BCUT2D eigenvalue weighted by molar-refractivity contribution is -0.131. The number of benzene rings is 3. The molecule has 0 radical (unpaired) electrons. The Morgan fingerprint density at radius 1 is 0.917 bits per heavy atom. The molecular weight excluding hydrogens is 481 g/mol. The molecule has 0 aromatic heterocycles. The van der Waals surface area contributed by atoms with Crippen molar-refractivity contribution < 1.29 is 22.3 Å². The maximum absolute atomic E-state index is 13.6. The molecule has 1 fully saturated rings. The van der Waals surface area contributed by atoms with E-state index in [1.165, 1.54) is 28.6 Å². The zero-order chi connectivity index (χ0) is 25.5. The van der Waals surface area contributed by atoms with Crippen LogP contribution in [-0.2, 0) is 21.4 Å². The third kappa shape index (κ3) is 6.22. The summed E-state index contributed by atoms with van der Waals surface area (Å²) in [6.07, 6.45) is 0. The van der Waals surface area contributed by atoms with Gasteiger partial charge in [-0.25, -0.2) is 12.8 Å². The molecule has 1 heterocycles. The fourth-order valence-corrected chi connectivity index (χ4v) is 5.53. The highest BCUT2D eigenvalue weighted by Gasteiger charge is 2.30. The van der Waals surface area contributed by atoms with Gasteiger partial charge in [0.05, 0.1) is 18.0 Å². The highest BCUT2D eigenvalue weighted by molar-refractivity contribution is 7.89. The van der Waals surface area contributed by atoms with E-state index >= 15 is 0 Å². The molecule has 0 bridgehead atoms. The van der Waals surface area contributed by atoms with Crippen molar-refractivity contribution in [3.05, 3.63) is 90.2 Å². The molecule has 0 atom stereocenters. The maximum Gasteiger partial charge on any atom is 0.243 e. The molecule has 1 saturated heterocycles. The van der Waals surface area contributed by atoms with Gasteiger partial charge in [0.2, 0.25) is 15.9 Å². The van der Waals surface area contributed by atoms with E-state index in [9.17, 15) is 17.6 Å². The van der Waals surface area contributed by atoms with Crippen molar-refractivity contribution in [3.8, 4) is 5.75 Å². The fourth-order valence-electron chi connectivity index (χ4n) is 4.15. The summed E-state index contributed by atoms with van der Waals surface area (Å²) in [6.45, 7) is 4.24. The number of carbonyl (C=O) groups is 1. The number of halogens is 1. The lowest BCUT2D eigenvalue weighted by Crippen LogP contribution is -2.51. The second-order valence-corrected chi connectivity index (χ2v) is 10.4. The van der Waals surface area contributed by atoms with E-state index in [1.807, 2.05) is 37.3 Å². The number of sulfonamides is 1. The molecule has 0 unspecified atom stereocenters. The van der Waals surface area contributed by atoms with E-state index in [4.69, 9.17) is 4.74 Å². The van der Waals surface area contributed by atoms with E-state index in [2.05, 4.69) is 4.90 Å². The number of rotatable bonds is 9. The standard InChI is InChI=1S/C27H30FN3O4S/c1-2-35-25-12-14-26(15-13-25)36(33,34)31(20-22-6-4-3-5-7-22)21-27(32)30-18-16-29(17-19-30)24-10-8-23(28)9-11-24/h3-15H,2,16-21H2,1H3. The van der Waals surface area contributed by atoms with Gasteiger partial charge in [0, 0.05) is 38.4 Å². The van der Waals surface area contributed by atoms with Crippen LogP contribution in [0, 0.1) is 5.82 Å². The Morgan fingerprint density at radius 2 is 1.56 bits per heavy atom. The van der Waals surface area contributed by atoms with Crippen LogP contribution in [0.4, 0.5) is 10.1 Å². The van der Waals surface area contributed by atoms with E-state index in [0.717, 1.165) is 11.3 Å². The largest absolute Gasteiger partial charge is 0.494 e. The number of nitrogens with zero attached hydrogens (tertiary/aromatic N) is 3. The number of amides is 1. The van der Waals surface area contributed by atoms with Crippen LogP contribution in [0.25, 0.3) is 0 Å². The summed E-state index contributed by atoms with van der Waals surface area (Å²) in [6, 6.07) is 21.7. The molecule has 0 N–H and O–H groups in total. The van der Waals surface area contributed by atoms with Gasteiger partial charge in [-0.15, -0.1) is 0 Å². The Bertz CT molecular complexity index is 1240. The van der Waals surface area contributed by atoms with Gasteiger partial charge in [0.1, 0.15) is 11.6 Å². The van der Waals surface area contributed by atoms with Crippen LogP contribution in [0.2, 0.25) is 0 Å². The van der Waals surface area contributed by atoms with Gasteiger partial charge in [-0.1, -0.05) is 30.3 Å².